The Morgan fingerprint density at radius 3 is 2.63 bits per heavy atom. The number of fused-ring (bicyclic) bond motifs is 1. The molecule has 27 heavy (non-hydrogen) atoms. The van der Waals surface area contributed by atoms with E-state index in [1.165, 1.54) is 16.9 Å². The van der Waals surface area contributed by atoms with Crippen LogP contribution in [0.5, 0.6) is 0 Å². The highest BCUT2D eigenvalue weighted by Crippen LogP contribution is 2.48. The first-order valence-electron chi connectivity index (χ1n) is 8.85. The molecule has 1 aliphatic rings. The highest BCUT2D eigenvalue weighted by Gasteiger charge is 2.43. The van der Waals surface area contributed by atoms with Crippen LogP contribution in [0.25, 0.3) is 32.9 Å². The Kier molecular flexibility index (Phi) is 3.70. The molecule has 0 amide bonds. The lowest BCUT2D eigenvalue weighted by atomic mass is 9.95. The van der Waals surface area contributed by atoms with Gasteiger partial charge in [0.25, 0.3) is 5.56 Å². The molecule has 0 radical (unpaired) electrons. The Morgan fingerprint density at radius 1 is 1.15 bits per heavy atom. The van der Waals surface area contributed by atoms with Crippen molar-refractivity contribution in [2.24, 2.45) is 0 Å². The number of aliphatic hydroxyl groups is 1. The van der Waals surface area contributed by atoms with E-state index in [0.717, 1.165) is 24.0 Å². The van der Waals surface area contributed by atoms with Crippen molar-refractivity contribution in [3.05, 3.63) is 70.0 Å². The summed E-state index contributed by atoms with van der Waals surface area (Å²) in [6.45, 7) is 0.193. The molecular formula is C21H17N3O2S. The zero-order valence-corrected chi connectivity index (χ0v) is 15.3. The largest absolute Gasteiger partial charge is 0.395 e. The summed E-state index contributed by atoms with van der Waals surface area (Å²) in [4.78, 5) is 24.3. The molecule has 3 heterocycles. The van der Waals surface area contributed by atoms with Crippen LogP contribution < -0.4 is 5.56 Å². The molecule has 1 saturated carbocycles. The van der Waals surface area contributed by atoms with E-state index in [4.69, 9.17) is 4.98 Å². The third kappa shape index (κ3) is 2.69. The third-order valence-electron chi connectivity index (χ3n) is 5.30. The van der Waals surface area contributed by atoms with Crippen LogP contribution in [0, 0.1) is 0 Å². The van der Waals surface area contributed by atoms with Gasteiger partial charge in [-0.25, -0.2) is 4.98 Å². The van der Waals surface area contributed by atoms with Crippen molar-refractivity contribution in [3.63, 3.8) is 0 Å². The first-order chi connectivity index (χ1) is 13.2. The average Bonchev–Trinajstić information content (AvgIpc) is 3.41. The number of aliphatic hydroxyl groups excluding tert-OH is 1. The lowest BCUT2D eigenvalue weighted by Gasteiger charge is -2.12. The molecule has 0 atom stereocenters. The molecule has 4 aromatic rings. The Bertz CT molecular complexity index is 1180. The summed E-state index contributed by atoms with van der Waals surface area (Å²) >= 11 is 1.40. The molecule has 0 aliphatic heterocycles. The minimum atomic E-state index is -0.147. The Labute approximate surface area is 159 Å². The fourth-order valence-electron chi connectivity index (χ4n) is 3.45. The highest BCUT2D eigenvalue weighted by atomic mass is 32.1. The lowest BCUT2D eigenvalue weighted by Crippen LogP contribution is -2.11. The summed E-state index contributed by atoms with van der Waals surface area (Å²) < 4.78 is 0.614. The van der Waals surface area contributed by atoms with Gasteiger partial charge in [-0.05, 0) is 36.1 Å². The predicted octanol–water partition coefficient (Wildman–Crippen LogP) is 3.74. The second kappa shape index (κ2) is 6.11. The van der Waals surface area contributed by atoms with Crippen LogP contribution >= 0.6 is 11.3 Å². The molecule has 3 aromatic heterocycles. The summed E-state index contributed by atoms with van der Waals surface area (Å²) in [5, 5.41) is 11.6. The van der Waals surface area contributed by atoms with Crippen LogP contribution in [0.3, 0.4) is 0 Å². The maximum absolute atomic E-state index is 12.5. The molecule has 1 aliphatic carbocycles. The average molecular weight is 375 g/mol. The summed E-state index contributed by atoms with van der Waals surface area (Å²) in [5.41, 5.74) is 4.28. The number of nitrogens with zero attached hydrogens (tertiary/aromatic N) is 2. The molecule has 0 saturated heterocycles. The summed E-state index contributed by atoms with van der Waals surface area (Å²) in [6.07, 6.45) is 3.75. The second-order valence-corrected chi connectivity index (χ2v) is 7.85. The quantitative estimate of drug-likeness (QED) is 0.570. The Morgan fingerprint density at radius 2 is 1.96 bits per heavy atom. The van der Waals surface area contributed by atoms with Crippen LogP contribution in [0.1, 0.15) is 18.4 Å². The van der Waals surface area contributed by atoms with Crippen LogP contribution in [0.15, 0.2) is 58.8 Å². The normalized spacial score (nSPS) is 15.1. The van der Waals surface area contributed by atoms with Gasteiger partial charge in [0.05, 0.1) is 12.1 Å². The number of pyridine rings is 1. The number of aromatic amines is 1. The van der Waals surface area contributed by atoms with E-state index in [1.54, 1.807) is 6.20 Å². The van der Waals surface area contributed by atoms with E-state index in [0.29, 0.717) is 21.7 Å². The number of nitrogens with one attached hydrogen (secondary N) is 1. The molecule has 5 nitrogen and oxygen atoms in total. The SMILES string of the molecule is O=c1[nH]c(-c2ccccn2)nc2c(-c3ccc(C4(CO)CC4)cc3)csc12. The van der Waals surface area contributed by atoms with Crippen molar-refractivity contribution in [1.82, 2.24) is 15.0 Å². The number of thiophene rings is 1. The lowest BCUT2D eigenvalue weighted by molar-refractivity contribution is 0.255. The molecule has 0 unspecified atom stereocenters. The minimum absolute atomic E-state index is 0.0449. The van der Waals surface area contributed by atoms with E-state index >= 15 is 0 Å². The smallest absolute Gasteiger partial charge is 0.269 e. The molecule has 134 valence electrons. The number of benzene rings is 1. The topological polar surface area (TPSA) is 78.9 Å². The number of H-pyrrole nitrogens is 1. The van der Waals surface area contributed by atoms with Crippen LogP contribution in [-0.4, -0.2) is 26.7 Å². The van der Waals surface area contributed by atoms with Crippen LogP contribution in [0.2, 0.25) is 0 Å². The summed E-state index contributed by atoms with van der Waals surface area (Å²) in [7, 11) is 0. The highest BCUT2D eigenvalue weighted by molar-refractivity contribution is 7.17. The van der Waals surface area contributed by atoms with E-state index < -0.39 is 0 Å². The molecule has 6 heteroatoms. The number of aromatic nitrogens is 3. The van der Waals surface area contributed by atoms with E-state index in [1.807, 2.05) is 23.6 Å². The molecule has 0 spiro atoms. The van der Waals surface area contributed by atoms with Gasteiger partial charge in [-0.3, -0.25) is 9.78 Å². The van der Waals surface area contributed by atoms with E-state index in [9.17, 15) is 9.90 Å². The number of hydrogen-bond donors (Lipinski definition) is 2. The molecule has 0 bridgehead atoms. The van der Waals surface area contributed by atoms with Crippen molar-refractivity contribution < 1.29 is 5.11 Å². The van der Waals surface area contributed by atoms with Crippen molar-refractivity contribution in [1.29, 1.82) is 0 Å². The van der Waals surface area contributed by atoms with E-state index in [2.05, 4.69) is 34.2 Å². The summed E-state index contributed by atoms with van der Waals surface area (Å²) in [5.74, 6) is 0.474. The fourth-order valence-corrected chi connectivity index (χ4v) is 4.36. The van der Waals surface area contributed by atoms with Crippen molar-refractivity contribution in [3.8, 4) is 22.6 Å². The van der Waals surface area contributed by atoms with Gasteiger partial charge in [-0.15, -0.1) is 11.3 Å². The maximum Gasteiger partial charge on any atom is 0.269 e. The van der Waals surface area contributed by atoms with Crippen molar-refractivity contribution in [2.75, 3.05) is 6.61 Å². The molecule has 1 fully saturated rings. The first kappa shape index (κ1) is 16.4. The van der Waals surface area contributed by atoms with Gasteiger partial charge in [0.2, 0.25) is 0 Å². The number of hydrogen-bond acceptors (Lipinski definition) is 5. The van der Waals surface area contributed by atoms with Gasteiger partial charge in [-0.2, -0.15) is 0 Å². The standard InChI is InChI=1S/C21H17N3O2S/c25-12-21(8-9-21)14-6-4-13(5-7-14)15-11-27-18-17(15)23-19(24-20(18)26)16-3-1-2-10-22-16/h1-7,10-11,25H,8-9,12H2,(H,23,24,26). The van der Waals surface area contributed by atoms with Gasteiger partial charge in [-0.1, -0.05) is 30.3 Å². The Balaban J connectivity index is 1.61. The monoisotopic (exact) mass is 375 g/mol. The van der Waals surface area contributed by atoms with Crippen molar-refractivity contribution in [2.45, 2.75) is 18.3 Å². The molecule has 1 aromatic carbocycles. The second-order valence-electron chi connectivity index (χ2n) is 6.97. The fraction of sp³-hybridized carbons (Fsp3) is 0.190. The van der Waals surface area contributed by atoms with Crippen LogP contribution in [-0.2, 0) is 5.41 Å². The zero-order valence-electron chi connectivity index (χ0n) is 14.5. The molecular weight excluding hydrogens is 358 g/mol. The minimum Gasteiger partial charge on any atom is -0.395 e. The summed E-state index contributed by atoms with van der Waals surface area (Å²) in [6, 6.07) is 13.8. The van der Waals surface area contributed by atoms with E-state index in [-0.39, 0.29) is 17.6 Å². The van der Waals surface area contributed by atoms with Gasteiger partial charge in [0.15, 0.2) is 5.82 Å². The first-order valence-corrected chi connectivity index (χ1v) is 9.73. The molecule has 2 N–H and O–H groups in total. The van der Waals surface area contributed by atoms with Gasteiger partial charge in [0.1, 0.15) is 10.4 Å². The van der Waals surface area contributed by atoms with Gasteiger partial charge < -0.3 is 10.1 Å². The third-order valence-corrected chi connectivity index (χ3v) is 6.27. The van der Waals surface area contributed by atoms with Gasteiger partial charge in [0, 0.05) is 22.6 Å². The van der Waals surface area contributed by atoms with Crippen LogP contribution in [0.4, 0.5) is 0 Å². The number of rotatable bonds is 4. The Hall–Kier alpha value is -2.83. The van der Waals surface area contributed by atoms with Crippen molar-refractivity contribution >= 4 is 21.6 Å². The van der Waals surface area contributed by atoms with Gasteiger partial charge >= 0.3 is 0 Å². The zero-order chi connectivity index (χ0) is 18.4. The molecule has 5 rings (SSSR count). The maximum atomic E-state index is 12.5. The predicted molar refractivity (Wildman–Crippen MR) is 107 cm³/mol.